The first-order valence-electron chi connectivity index (χ1n) is 10.7. The maximum atomic E-state index is 13.2. The summed E-state index contributed by atoms with van der Waals surface area (Å²) in [6.45, 7) is 2.52. The van der Waals surface area contributed by atoms with E-state index >= 15 is 0 Å². The third-order valence-electron chi connectivity index (χ3n) is 5.39. The highest BCUT2D eigenvalue weighted by atomic mass is 35.5. The first kappa shape index (κ1) is 28.0. The zero-order chi connectivity index (χ0) is 21.2. The number of halogens is 3. The van der Waals surface area contributed by atoms with Crippen LogP contribution >= 0.6 is 24.8 Å². The highest BCUT2D eigenvalue weighted by Gasteiger charge is 2.29. The van der Waals surface area contributed by atoms with Crippen LogP contribution in [0, 0.1) is 5.82 Å². The molecule has 2 aromatic carbocycles. The van der Waals surface area contributed by atoms with Crippen LogP contribution in [0.3, 0.4) is 0 Å². The van der Waals surface area contributed by atoms with Crippen molar-refractivity contribution in [3.05, 3.63) is 71.5 Å². The molecule has 2 aromatic rings. The summed E-state index contributed by atoms with van der Waals surface area (Å²) in [7, 11) is 0. The first-order chi connectivity index (χ1) is 14.7. The number of piperidine rings is 1. The number of Topliss-reactive ketones (excluding diaryl/α,β-unsaturated/α-hetero) is 1. The molecule has 1 heterocycles. The number of carbonyl (C=O) groups is 1. The van der Waals surface area contributed by atoms with Crippen molar-refractivity contribution in [2.75, 3.05) is 26.2 Å². The van der Waals surface area contributed by atoms with Gasteiger partial charge in [0.25, 0.3) is 0 Å². The summed E-state index contributed by atoms with van der Waals surface area (Å²) in [5.74, 6) is -0.241. The number of hydrogen-bond acceptors (Lipinski definition) is 5. The van der Waals surface area contributed by atoms with Crippen molar-refractivity contribution in [2.45, 2.75) is 38.1 Å². The van der Waals surface area contributed by atoms with E-state index in [0.29, 0.717) is 18.7 Å². The molecule has 1 aliphatic rings. The van der Waals surface area contributed by atoms with E-state index < -0.39 is 0 Å². The molecule has 0 aliphatic carbocycles. The van der Waals surface area contributed by atoms with E-state index in [1.807, 2.05) is 30.3 Å². The summed E-state index contributed by atoms with van der Waals surface area (Å²) < 4.78 is 13.2. The lowest BCUT2D eigenvalue weighted by Gasteiger charge is -2.34. The van der Waals surface area contributed by atoms with Gasteiger partial charge in [0.15, 0.2) is 5.78 Å². The lowest BCUT2D eigenvalue weighted by atomic mass is 9.94. The highest BCUT2D eigenvalue weighted by molar-refractivity contribution is 6.00. The van der Waals surface area contributed by atoms with Gasteiger partial charge in [-0.1, -0.05) is 41.9 Å². The molecule has 0 aromatic heterocycles. The second-order valence-electron chi connectivity index (χ2n) is 7.55. The van der Waals surface area contributed by atoms with Gasteiger partial charge < -0.3 is 10.6 Å². The molecule has 1 unspecified atom stereocenters. The average Bonchev–Trinajstić information content (AvgIpc) is 2.79. The van der Waals surface area contributed by atoms with Gasteiger partial charge in [0.1, 0.15) is 12.4 Å². The average molecular weight is 484 g/mol. The summed E-state index contributed by atoms with van der Waals surface area (Å²) in [4.78, 5) is 20.6. The standard InChI is InChI=1S/C24H30FN3O2.2ClH/c25-21-13-11-20(12-14-21)24(29)23-10-4-5-16-28(23)17-6-9-22(27-30-18-15-26)19-7-2-1-3-8-19;;/h1-3,7-8,11-14,23H,4-6,9-10,15-18,26H2;2*1H/b27-22-;;. The summed E-state index contributed by atoms with van der Waals surface area (Å²) in [5.41, 5.74) is 8.00. The van der Waals surface area contributed by atoms with Gasteiger partial charge in [-0.25, -0.2) is 4.39 Å². The summed E-state index contributed by atoms with van der Waals surface area (Å²) in [6.07, 6.45) is 4.59. The normalized spacial score (nSPS) is 16.6. The van der Waals surface area contributed by atoms with Crippen LogP contribution in [-0.4, -0.2) is 48.7 Å². The fourth-order valence-electron chi connectivity index (χ4n) is 3.86. The lowest BCUT2D eigenvalue weighted by molar-refractivity contribution is 0.0744. The molecule has 1 saturated heterocycles. The number of rotatable bonds is 10. The minimum atomic E-state index is -0.323. The Balaban J connectivity index is 0.00000256. The van der Waals surface area contributed by atoms with Crippen molar-refractivity contribution in [1.82, 2.24) is 4.90 Å². The van der Waals surface area contributed by atoms with Gasteiger partial charge in [-0.3, -0.25) is 9.69 Å². The molecule has 0 saturated carbocycles. The molecular formula is C24H32Cl2FN3O2. The molecule has 1 fully saturated rings. The molecular weight excluding hydrogens is 452 g/mol. The molecule has 176 valence electrons. The first-order valence-corrected chi connectivity index (χ1v) is 10.7. The predicted octanol–water partition coefficient (Wildman–Crippen LogP) is 4.87. The van der Waals surface area contributed by atoms with Gasteiger partial charge in [-0.2, -0.15) is 0 Å². The summed E-state index contributed by atoms with van der Waals surface area (Å²) >= 11 is 0. The largest absolute Gasteiger partial charge is 0.394 e. The van der Waals surface area contributed by atoms with Gasteiger partial charge in [0.05, 0.1) is 11.8 Å². The van der Waals surface area contributed by atoms with Crippen LogP contribution in [0.2, 0.25) is 0 Å². The second kappa shape index (κ2) is 15.0. The maximum Gasteiger partial charge on any atom is 0.179 e. The van der Waals surface area contributed by atoms with Crippen LogP contribution in [0.15, 0.2) is 59.8 Å². The lowest BCUT2D eigenvalue weighted by Crippen LogP contribution is -2.45. The van der Waals surface area contributed by atoms with Crippen molar-refractivity contribution >= 4 is 36.3 Å². The molecule has 0 radical (unpaired) electrons. The molecule has 1 aliphatic heterocycles. The molecule has 5 nitrogen and oxygen atoms in total. The Morgan fingerprint density at radius 1 is 1.06 bits per heavy atom. The smallest absolute Gasteiger partial charge is 0.179 e. The Hall–Kier alpha value is -1.99. The molecule has 8 heteroatoms. The van der Waals surface area contributed by atoms with Crippen LogP contribution in [0.25, 0.3) is 0 Å². The van der Waals surface area contributed by atoms with Gasteiger partial charge in [0, 0.05) is 12.1 Å². The van der Waals surface area contributed by atoms with Crippen molar-refractivity contribution < 1.29 is 14.0 Å². The van der Waals surface area contributed by atoms with E-state index in [-0.39, 0.29) is 42.5 Å². The maximum absolute atomic E-state index is 13.2. The second-order valence-corrected chi connectivity index (χ2v) is 7.55. The SMILES string of the molecule is Cl.Cl.NCCO/N=C(/CCCN1CCCCC1C(=O)c1ccc(F)cc1)c1ccccc1. The fourth-order valence-corrected chi connectivity index (χ4v) is 3.86. The molecule has 0 amide bonds. The minimum Gasteiger partial charge on any atom is -0.394 e. The summed E-state index contributed by atoms with van der Waals surface area (Å²) in [6, 6.07) is 15.7. The molecule has 0 spiro atoms. The monoisotopic (exact) mass is 483 g/mol. The Bertz CT molecular complexity index is 835. The molecule has 0 bridgehead atoms. The van der Waals surface area contributed by atoms with Crippen molar-refractivity contribution in [2.24, 2.45) is 10.9 Å². The number of carbonyl (C=O) groups excluding carboxylic acids is 1. The van der Waals surface area contributed by atoms with Crippen LogP contribution in [-0.2, 0) is 4.84 Å². The molecule has 3 rings (SSSR count). The number of likely N-dealkylation sites (tertiary alicyclic amines) is 1. The molecule has 2 N–H and O–H groups in total. The zero-order valence-corrected chi connectivity index (χ0v) is 19.8. The van der Waals surface area contributed by atoms with E-state index in [1.54, 1.807) is 12.1 Å². The Morgan fingerprint density at radius 2 is 1.78 bits per heavy atom. The quantitative estimate of drug-likeness (QED) is 0.226. The highest BCUT2D eigenvalue weighted by Crippen LogP contribution is 2.22. The van der Waals surface area contributed by atoms with E-state index in [4.69, 9.17) is 10.6 Å². The van der Waals surface area contributed by atoms with Crippen LogP contribution in [0.1, 0.15) is 48.0 Å². The number of hydrogen-bond donors (Lipinski definition) is 1. The number of ketones is 1. The topological polar surface area (TPSA) is 67.9 Å². The number of benzene rings is 2. The Kier molecular flexibility index (Phi) is 13.1. The third-order valence-corrected chi connectivity index (χ3v) is 5.39. The van der Waals surface area contributed by atoms with Crippen LogP contribution < -0.4 is 5.73 Å². The van der Waals surface area contributed by atoms with Crippen molar-refractivity contribution in [3.8, 4) is 0 Å². The van der Waals surface area contributed by atoms with Crippen molar-refractivity contribution in [3.63, 3.8) is 0 Å². The van der Waals surface area contributed by atoms with E-state index in [1.165, 1.54) is 12.1 Å². The van der Waals surface area contributed by atoms with Crippen molar-refractivity contribution in [1.29, 1.82) is 0 Å². The zero-order valence-electron chi connectivity index (χ0n) is 18.1. The van der Waals surface area contributed by atoms with Crippen LogP contribution in [0.5, 0.6) is 0 Å². The third kappa shape index (κ3) is 8.17. The predicted molar refractivity (Wildman–Crippen MR) is 132 cm³/mol. The fraction of sp³-hybridized carbons (Fsp3) is 0.417. The van der Waals surface area contributed by atoms with Gasteiger partial charge >= 0.3 is 0 Å². The minimum absolute atomic E-state index is 0. The number of nitrogens with zero attached hydrogens (tertiary/aromatic N) is 2. The Labute approximate surface area is 202 Å². The van der Waals surface area contributed by atoms with Gasteiger partial charge in [-0.15, -0.1) is 24.8 Å². The van der Waals surface area contributed by atoms with E-state index in [0.717, 1.165) is 56.5 Å². The van der Waals surface area contributed by atoms with E-state index in [9.17, 15) is 9.18 Å². The Morgan fingerprint density at radius 3 is 2.47 bits per heavy atom. The number of oxime groups is 1. The molecule has 32 heavy (non-hydrogen) atoms. The molecule has 1 atom stereocenters. The van der Waals surface area contributed by atoms with Gasteiger partial charge in [0.2, 0.25) is 0 Å². The summed E-state index contributed by atoms with van der Waals surface area (Å²) in [5, 5.41) is 4.29. The van der Waals surface area contributed by atoms with Gasteiger partial charge in [-0.05, 0) is 68.6 Å². The van der Waals surface area contributed by atoms with E-state index in [2.05, 4.69) is 10.1 Å². The number of nitrogens with two attached hydrogens (primary N) is 1. The van der Waals surface area contributed by atoms with Crippen LogP contribution in [0.4, 0.5) is 4.39 Å².